The lowest BCUT2D eigenvalue weighted by atomic mass is 10.1. The third kappa shape index (κ3) is 3.88. The Bertz CT molecular complexity index is 816. The fraction of sp³-hybridized carbons (Fsp3) is 0.333. The molecule has 0 atom stereocenters. The molecule has 0 amide bonds. The van der Waals surface area contributed by atoms with Crippen LogP contribution in [0.15, 0.2) is 36.4 Å². The van der Waals surface area contributed by atoms with E-state index in [0.29, 0.717) is 22.8 Å². The lowest BCUT2D eigenvalue weighted by Gasteiger charge is -2.26. The van der Waals surface area contributed by atoms with Crippen LogP contribution < -0.4 is 4.31 Å². The van der Waals surface area contributed by atoms with Crippen molar-refractivity contribution in [3.05, 3.63) is 58.1 Å². The molecule has 0 aliphatic carbocycles. The summed E-state index contributed by atoms with van der Waals surface area (Å²) < 4.78 is 27.2. The smallest absolute Gasteiger partial charge is 0.238 e. The summed E-state index contributed by atoms with van der Waals surface area (Å²) in [5.41, 5.74) is 4.30. The zero-order chi connectivity index (χ0) is 17.2. The molecular formula is C18H22ClNO2S. The minimum absolute atomic E-state index is 0.0892. The molecule has 0 saturated carbocycles. The molecule has 0 saturated heterocycles. The van der Waals surface area contributed by atoms with Gasteiger partial charge in [0.2, 0.25) is 10.0 Å². The molecule has 5 heteroatoms. The van der Waals surface area contributed by atoms with E-state index in [1.165, 1.54) is 4.31 Å². The molecule has 2 aromatic carbocycles. The first-order valence-electron chi connectivity index (χ1n) is 7.62. The van der Waals surface area contributed by atoms with Crippen LogP contribution in [-0.4, -0.2) is 14.2 Å². The molecule has 0 bridgehead atoms. The zero-order valence-corrected chi connectivity index (χ0v) is 15.5. The second-order valence-electron chi connectivity index (χ2n) is 5.78. The van der Waals surface area contributed by atoms with Gasteiger partial charge in [-0.15, -0.1) is 0 Å². The van der Waals surface area contributed by atoms with Gasteiger partial charge in [0.05, 0.1) is 17.1 Å². The molecule has 0 heterocycles. The van der Waals surface area contributed by atoms with E-state index in [1.807, 2.05) is 52.0 Å². The van der Waals surface area contributed by atoms with Crippen LogP contribution >= 0.6 is 11.6 Å². The third-order valence-electron chi connectivity index (χ3n) is 3.86. The lowest BCUT2D eigenvalue weighted by molar-refractivity contribution is 0.595. The van der Waals surface area contributed by atoms with Crippen molar-refractivity contribution in [3.8, 4) is 0 Å². The average Bonchev–Trinajstić information content (AvgIpc) is 2.46. The normalized spacial score (nSPS) is 11.5. The number of sulfonamides is 1. The van der Waals surface area contributed by atoms with Gasteiger partial charge in [-0.2, -0.15) is 0 Å². The molecule has 0 aromatic heterocycles. The largest absolute Gasteiger partial charge is 0.239 e. The summed E-state index contributed by atoms with van der Waals surface area (Å²) in [7, 11) is -3.47. The number of hydrogen-bond donors (Lipinski definition) is 0. The van der Waals surface area contributed by atoms with E-state index < -0.39 is 10.0 Å². The van der Waals surface area contributed by atoms with Crippen molar-refractivity contribution >= 4 is 33.0 Å². The number of halogens is 1. The van der Waals surface area contributed by atoms with Gasteiger partial charge in [-0.25, -0.2) is 12.7 Å². The Kier molecular flexibility index (Phi) is 5.37. The van der Waals surface area contributed by atoms with Crippen LogP contribution in [-0.2, 0) is 10.0 Å². The monoisotopic (exact) mass is 351 g/mol. The van der Waals surface area contributed by atoms with Gasteiger partial charge < -0.3 is 0 Å². The summed E-state index contributed by atoms with van der Waals surface area (Å²) in [4.78, 5) is 0. The minimum atomic E-state index is -3.47. The van der Waals surface area contributed by atoms with Gasteiger partial charge in [0.1, 0.15) is 0 Å². The fourth-order valence-corrected chi connectivity index (χ4v) is 4.25. The Labute approximate surface area is 144 Å². The molecule has 3 nitrogen and oxygen atoms in total. The number of anilines is 2. The van der Waals surface area contributed by atoms with Gasteiger partial charge in [-0.3, -0.25) is 0 Å². The number of hydrogen-bond acceptors (Lipinski definition) is 2. The van der Waals surface area contributed by atoms with Gasteiger partial charge in [0.25, 0.3) is 0 Å². The van der Waals surface area contributed by atoms with Gasteiger partial charge in [-0.05, 0) is 68.1 Å². The number of nitrogens with zero attached hydrogens (tertiary/aromatic N) is 1. The van der Waals surface area contributed by atoms with Crippen molar-refractivity contribution in [1.82, 2.24) is 0 Å². The standard InChI is InChI=1S/C18H22ClNO2S/c1-5-10-23(21,22)20(17-9-7-13(2)15(4)11-17)18-12-16(19)8-6-14(18)3/h6-9,11-12H,5,10H2,1-4H3. The number of benzene rings is 2. The fourth-order valence-electron chi connectivity index (χ4n) is 2.45. The van der Waals surface area contributed by atoms with Gasteiger partial charge in [0, 0.05) is 5.02 Å². The van der Waals surface area contributed by atoms with E-state index in [4.69, 9.17) is 11.6 Å². The maximum atomic E-state index is 12.9. The van der Waals surface area contributed by atoms with Crippen LogP contribution in [0.25, 0.3) is 0 Å². The Morgan fingerprint density at radius 1 is 0.957 bits per heavy atom. The summed E-state index contributed by atoms with van der Waals surface area (Å²) in [6.45, 7) is 7.74. The first-order chi connectivity index (χ1) is 10.8. The molecule has 0 aliphatic rings. The topological polar surface area (TPSA) is 37.4 Å². The maximum Gasteiger partial charge on any atom is 0.239 e. The Morgan fingerprint density at radius 2 is 1.61 bits per heavy atom. The van der Waals surface area contributed by atoms with Crippen LogP contribution in [0, 0.1) is 20.8 Å². The maximum absolute atomic E-state index is 12.9. The second kappa shape index (κ2) is 6.93. The highest BCUT2D eigenvalue weighted by molar-refractivity contribution is 7.93. The van der Waals surface area contributed by atoms with Crippen molar-refractivity contribution < 1.29 is 8.42 Å². The molecule has 0 aliphatic heterocycles. The minimum Gasteiger partial charge on any atom is -0.238 e. The van der Waals surface area contributed by atoms with Crippen LogP contribution in [0.2, 0.25) is 5.02 Å². The van der Waals surface area contributed by atoms with Gasteiger partial charge in [-0.1, -0.05) is 30.7 Å². The van der Waals surface area contributed by atoms with Crippen LogP contribution in [0.4, 0.5) is 11.4 Å². The highest BCUT2D eigenvalue weighted by Crippen LogP contribution is 2.34. The average molecular weight is 352 g/mol. The first kappa shape index (κ1) is 17.8. The summed E-state index contributed by atoms with van der Waals surface area (Å²) in [5, 5.41) is 0.520. The number of aryl methyl sites for hydroxylation is 3. The lowest BCUT2D eigenvalue weighted by Crippen LogP contribution is -2.29. The predicted octanol–water partition coefficient (Wildman–Crippen LogP) is 5.14. The predicted molar refractivity (Wildman–Crippen MR) is 98.3 cm³/mol. The third-order valence-corrected chi connectivity index (χ3v) is 5.98. The summed E-state index contributed by atoms with van der Waals surface area (Å²) >= 11 is 6.11. The highest BCUT2D eigenvalue weighted by Gasteiger charge is 2.25. The summed E-state index contributed by atoms with van der Waals surface area (Å²) in [5.74, 6) is 0.0892. The van der Waals surface area contributed by atoms with E-state index >= 15 is 0 Å². The van der Waals surface area contributed by atoms with Crippen molar-refractivity contribution in [2.24, 2.45) is 0 Å². The van der Waals surface area contributed by atoms with Crippen LogP contribution in [0.1, 0.15) is 30.0 Å². The molecule has 124 valence electrons. The molecule has 2 rings (SSSR count). The van der Waals surface area contributed by atoms with Crippen molar-refractivity contribution in [1.29, 1.82) is 0 Å². The Balaban J connectivity index is 2.70. The second-order valence-corrected chi connectivity index (χ2v) is 8.15. The van der Waals surface area contributed by atoms with Crippen LogP contribution in [0.3, 0.4) is 0 Å². The first-order valence-corrected chi connectivity index (χ1v) is 9.61. The zero-order valence-electron chi connectivity index (χ0n) is 13.9. The van der Waals surface area contributed by atoms with E-state index in [2.05, 4.69) is 0 Å². The summed E-state index contributed by atoms with van der Waals surface area (Å²) in [6, 6.07) is 11.0. The van der Waals surface area contributed by atoms with E-state index in [0.717, 1.165) is 16.7 Å². The van der Waals surface area contributed by atoms with Crippen molar-refractivity contribution in [2.45, 2.75) is 34.1 Å². The molecule has 0 N–H and O–H groups in total. The molecule has 0 fully saturated rings. The molecule has 0 unspecified atom stereocenters. The molecular weight excluding hydrogens is 330 g/mol. The SMILES string of the molecule is CCCS(=O)(=O)N(c1ccc(C)c(C)c1)c1cc(Cl)ccc1C. The highest BCUT2D eigenvalue weighted by atomic mass is 35.5. The Hall–Kier alpha value is -1.52. The van der Waals surface area contributed by atoms with Crippen LogP contribution in [0.5, 0.6) is 0 Å². The molecule has 0 spiro atoms. The molecule has 0 radical (unpaired) electrons. The van der Waals surface area contributed by atoms with Crippen molar-refractivity contribution in [3.63, 3.8) is 0 Å². The van der Waals surface area contributed by atoms with Crippen molar-refractivity contribution in [2.75, 3.05) is 10.1 Å². The molecule has 23 heavy (non-hydrogen) atoms. The number of rotatable bonds is 5. The quantitative estimate of drug-likeness (QED) is 0.747. The van der Waals surface area contributed by atoms with Gasteiger partial charge >= 0.3 is 0 Å². The van der Waals surface area contributed by atoms with E-state index in [9.17, 15) is 8.42 Å². The Morgan fingerprint density at radius 3 is 2.22 bits per heavy atom. The van der Waals surface area contributed by atoms with Gasteiger partial charge in [0.15, 0.2) is 0 Å². The molecule has 2 aromatic rings. The summed E-state index contributed by atoms with van der Waals surface area (Å²) in [6.07, 6.45) is 0.559. The van der Waals surface area contributed by atoms with E-state index in [-0.39, 0.29) is 5.75 Å². The van der Waals surface area contributed by atoms with E-state index in [1.54, 1.807) is 12.1 Å².